The van der Waals surface area contributed by atoms with Gasteiger partial charge in [0.25, 0.3) is 0 Å². The van der Waals surface area contributed by atoms with Gasteiger partial charge < -0.3 is 10.4 Å². The van der Waals surface area contributed by atoms with Gasteiger partial charge in [0.1, 0.15) is 0 Å². The van der Waals surface area contributed by atoms with E-state index in [1.807, 2.05) is 6.92 Å². The molecule has 1 aromatic rings. The zero-order valence-electron chi connectivity index (χ0n) is 11.0. The van der Waals surface area contributed by atoms with Crippen molar-refractivity contribution < 1.29 is 5.11 Å². The molecular formula is C14H23NOS. The van der Waals surface area contributed by atoms with Crippen molar-refractivity contribution in [3.05, 3.63) is 29.8 Å². The molecule has 17 heavy (non-hydrogen) atoms. The summed E-state index contributed by atoms with van der Waals surface area (Å²) in [6.07, 6.45) is 3.93. The molecule has 0 aromatic heterocycles. The molecule has 0 saturated carbocycles. The third-order valence-electron chi connectivity index (χ3n) is 2.78. The Bertz CT molecular complexity index is 321. The maximum absolute atomic E-state index is 10.0. The summed E-state index contributed by atoms with van der Waals surface area (Å²) in [5.41, 5.74) is 0.670. The smallest absolute Gasteiger partial charge is 0.0743 e. The van der Waals surface area contributed by atoms with Crippen LogP contribution < -0.4 is 5.32 Å². The SMILES string of the molecule is CCCC(C)(O)CNCc1ccc(SC)cc1. The van der Waals surface area contributed by atoms with Gasteiger partial charge in [-0.1, -0.05) is 25.5 Å². The highest BCUT2D eigenvalue weighted by Crippen LogP contribution is 2.15. The summed E-state index contributed by atoms with van der Waals surface area (Å²) < 4.78 is 0. The molecule has 1 aromatic carbocycles. The van der Waals surface area contributed by atoms with Crippen LogP contribution in [-0.2, 0) is 6.54 Å². The fourth-order valence-corrected chi connectivity index (χ4v) is 2.25. The Balaban J connectivity index is 2.35. The lowest BCUT2D eigenvalue weighted by Gasteiger charge is -2.23. The molecule has 0 aliphatic carbocycles. The normalized spacial score (nSPS) is 14.6. The van der Waals surface area contributed by atoms with Crippen molar-refractivity contribution in [2.45, 2.75) is 43.7 Å². The van der Waals surface area contributed by atoms with Gasteiger partial charge in [-0.3, -0.25) is 0 Å². The number of hydrogen-bond acceptors (Lipinski definition) is 3. The molecule has 2 nitrogen and oxygen atoms in total. The second kappa shape index (κ2) is 7.04. The summed E-state index contributed by atoms with van der Waals surface area (Å²) in [6.45, 7) is 5.44. The molecule has 0 heterocycles. The van der Waals surface area contributed by atoms with Gasteiger partial charge in [-0.05, 0) is 37.3 Å². The van der Waals surface area contributed by atoms with E-state index in [9.17, 15) is 5.11 Å². The fraction of sp³-hybridized carbons (Fsp3) is 0.571. The Morgan fingerprint density at radius 1 is 1.29 bits per heavy atom. The lowest BCUT2D eigenvalue weighted by atomic mass is 10.0. The first-order chi connectivity index (χ1) is 8.07. The summed E-state index contributed by atoms with van der Waals surface area (Å²) in [4.78, 5) is 1.28. The first-order valence-electron chi connectivity index (χ1n) is 6.13. The Morgan fingerprint density at radius 2 is 1.94 bits per heavy atom. The van der Waals surface area contributed by atoms with Crippen LogP contribution in [0.2, 0.25) is 0 Å². The molecule has 0 spiro atoms. The van der Waals surface area contributed by atoms with Crippen LogP contribution in [0.4, 0.5) is 0 Å². The van der Waals surface area contributed by atoms with E-state index in [-0.39, 0.29) is 0 Å². The molecule has 0 aliphatic rings. The molecule has 0 aliphatic heterocycles. The molecule has 0 saturated heterocycles. The highest BCUT2D eigenvalue weighted by molar-refractivity contribution is 7.98. The van der Waals surface area contributed by atoms with Crippen molar-refractivity contribution in [3.8, 4) is 0 Å². The predicted molar refractivity (Wildman–Crippen MR) is 75.5 cm³/mol. The van der Waals surface area contributed by atoms with E-state index in [0.29, 0.717) is 6.54 Å². The monoisotopic (exact) mass is 253 g/mol. The van der Waals surface area contributed by atoms with Gasteiger partial charge in [-0.25, -0.2) is 0 Å². The average Bonchev–Trinajstić information content (AvgIpc) is 2.29. The van der Waals surface area contributed by atoms with Crippen molar-refractivity contribution in [2.24, 2.45) is 0 Å². The van der Waals surface area contributed by atoms with Crippen molar-refractivity contribution >= 4 is 11.8 Å². The molecule has 0 bridgehead atoms. The van der Waals surface area contributed by atoms with E-state index in [0.717, 1.165) is 19.4 Å². The largest absolute Gasteiger partial charge is 0.389 e. The molecule has 0 fully saturated rings. The molecule has 1 atom stereocenters. The van der Waals surface area contributed by atoms with Gasteiger partial charge in [0.15, 0.2) is 0 Å². The summed E-state index contributed by atoms with van der Waals surface area (Å²) >= 11 is 1.75. The van der Waals surface area contributed by atoms with Gasteiger partial charge >= 0.3 is 0 Å². The van der Waals surface area contributed by atoms with Crippen molar-refractivity contribution in [3.63, 3.8) is 0 Å². The molecule has 0 amide bonds. The minimum atomic E-state index is -0.589. The van der Waals surface area contributed by atoms with E-state index in [2.05, 4.69) is 42.8 Å². The molecule has 2 N–H and O–H groups in total. The lowest BCUT2D eigenvalue weighted by molar-refractivity contribution is 0.0498. The van der Waals surface area contributed by atoms with Gasteiger partial charge in [-0.2, -0.15) is 0 Å². The number of rotatable bonds is 7. The number of benzene rings is 1. The highest BCUT2D eigenvalue weighted by Gasteiger charge is 2.17. The molecule has 3 heteroatoms. The Hall–Kier alpha value is -0.510. The van der Waals surface area contributed by atoms with Crippen molar-refractivity contribution in [1.82, 2.24) is 5.32 Å². The van der Waals surface area contributed by atoms with E-state index >= 15 is 0 Å². The first kappa shape index (κ1) is 14.6. The number of thioether (sulfide) groups is 1. The third kappa shape index (κ3) is 5.57. The summed E-state index contributed by atoms with van der Waals surface area (Å²) in [7, 11) is 0. The fourth-order valence-electron chi connectivity index (χ4n) is 1.85. The highest BCUT2D eigenvalue weighted by atomic mass is 32.2. The minimum absolute atomic E-state index is 0.589. The maximum atomic E-state index is 10.0. The molecular weight excluding hydrogens is 230 g/mol. The Kier molecular flexibility index (Phi) is 6.03. The molecule has 0 radical (unpaired) electrons. The van der Waals surface area contributed by atoms with E-state index < -0.39 is 5.60 Å². The molecule has 1 unspecified atom stereocenters. The van der Waals surface area contributed by atoms with Crippen molar-refractivity contribution in [1.29, 1.82) is 0 Å². The number of nitrogens with one attached hydrogen (secondary N) is 1. The summed E-state index contributed by atoms with van der Waals surface area (Å²) in [5.74, 6) is 0. The Morgan fingerprint density at radius 3 is 2.47 bits per heavy atom. The summed E-state index contributed by atoms with van der Waals surface area (Å²) in [6, 6.07) is 8.53. The second-order valence-corrected chi connectivity index (χ2v) is 5.58. The van der Waals surface area contributed by atoms with Crippen LogP contribution in [0, 0.1) is 0 Å². The standard InChI is InChI=1S/C14H23NOS/c1-4-9-14(2,16)11-15-10-12-5-7-13(17-3)8-6-12/h5-8,15-16H,4,9-11H2,1-3H3. The summed E-state index contributed by atoms with van der Waals surface area (Å²) in [5, 5.41) is 13.3. The van der Waals surface area contributed by atoms with E-state index in [1.54, 1.807) is 11.8 Å². The zero-order chi connectivity index (χ0) is 12.7. The second-order valence-electron chi connectivity index (χ2n) is 4.70. The van der Waals surface area contributed by atoms with E-state index in [1.165, 1.54) is 10.5 Å². The molecule has 96 valence electrons. The zero-order valence-corrected chi connectivity index (χ0v) is 11.8. The van der Waals surface area contributed by atoms with Gasteiger partial charge in [0, 0.05) is 18.0 Å². The van der Waals surface area contributed by atoms with Gasteiger partial charge in [0.05, 0.1) is 5.60 Å². The van der Waals surface area contributed by atoms with Crippen LogP contribution in [0.25, 0.3) is 0 Å². The number of aliphatic hydroxyl groups is 1. The van der Waals surface area contributed by atoms with Crippen LogP contribution in [0.3, 0.4) is 0 Å². The third-order valence-corrected chi connectivity index (χ3v) is 3.53. The van der Waals surface area contributed by atoms with E-state index in [4.69, 9.17) is 0 Å². The number of hydrogen-bond donors (Lipinski definition) is 2. The lowest BCUT2D eigenvalue weighted by Crippen LogP contribution is -2.37. The van der Waals surface area contributed by atoms with Gasteiger partial charge in [0.2, 0.25) is 0 Å². The topological polar surface area (TPSA) is 32.3 Å². The van der Waals surface area contributed by atoms with Crippen LogP contribution in [0.15, 0.2) is 29.2 Å². The first-order valence-corrected chi connectivity index (χ1v) is 7.36. The minimum Gasteiger partial charge on any atom is -0.389 e. The van der Waals surface area contributed by atoms with Gasteiger partial charge in [-0.15, -0.1) is 11.8 Å². The van der Waals surface area contributed by atoms with Crippen LogP contribution >= 0.6 is 11.8 Å². The van der Waals surface area contributed by atoms with Crippen LogP contribution in [0.5, 0.6) is 0 Å². The maximum Gasteiger partial charge on any atom is 0.0743 e. The average molecular weight is 253 g/mol. The predicted octanol–water partition coefficient (Wildman–Crippen LogP) is 3.05. The van der Waals surface area contributed by atoms with Crippen molar-refractivity contribution in [2.75, 3.05) is 12.8 Å². The quantitative estimate of drug-likeness (QED) is 0.733. The van der Waals surface area contributed by atoms with Crippen LogP contribution in [0.1, 0.15) is 32.3 Å². The Labute approximate surface area is 109 Å². The van der Waals surface area contributed by atoms with Crippen LogP contribution in [-0.4, -0.2) is 23.5 Å². The molecule has 1 rings (SSSR count).